The van der Waals surface area contributed by atoms with Crippen LogP contribution in [0.3, 0.4) is 0 Å². The number of nitrogens with zero attached hydrogens (tertiary/aromatic N) is 6. The Morgan fingerprint density at radius 3 is 2.17 bits per heavy atom. The smallest absolute Gasteiger partial charge is 0.0965 e. The van der Waals surface area contributed by atoms with Crippen LogP contribution in [-0.4, -0.2) is 30.0 Å². The van der Waals surface area contributed by atoms with Crippen LogP contribution in [0.1, 0.15) is 32.2 Å². The van der Waals surface area contributed by atoms with E-state index in [0.29, 0.717) is 13.1 Å². The quantitative estimate of drug-likeness (QED) is 0.851. The topological polar surface area (TPSA) is 73.5 Å². The summed E-state index contributed by atoms with van der Waals surface area (Å²) >= 11 is 0. The Labute approximate surface area is 106 Å². The van der Waals surface area contributed by atoms with Gasteiger partial charge in [0.05, 0.1) is 23.1 Å². The van der Waals surface area contributed by atoms with Gasteiger partial charge in [-0.15, -0.1) is 10.2 Å². The van der Waals surface area contributed by atoms with Crippen LogP contribution >= 0.6 is 0 Å². The molecule has 0 aromatic carbocycles. The number of nitrogens with one attached hydrogen (secondary N) is 1. The number of hydrogen-bond donors (Lipinski definition) is 1. The molecule has 2 rings (SSSR count). The fourth-order valence-electron chi connectivity index (χ4n) is 1.50. The van der Waals surface area contributed by atoms with Crippen LogP contribution in [0, 0.1) is 0 Å². The van der Waals surface area contributed by atoms with Gasteiger partial charge in [-0.25, -0.2) is 4.68 Å². The first-order chi connectivity index (χ1) is 8.45. The summed E-state index contributed by atoms with van der Waals surface area (Å²) in [6.07, 6.45) is 3.85. The van der Waals surface area contributed by atoms with E-state index in [1.54, 1.807) is 4.68 Å². The van der Waals surface area contributed by atoms with Crippen LogP contribution in [0.25, 0.3) is 0 Å². The Hall–Kier alpha value is -1.76. The second kappa shape index (κ2) is 4.85. The molecule has 0 aliphatic carbocycles. The fraction of sp³-hybridized carbons (Fsp3) is 0.636. The Bertz CT molecular complexity index is 505. The van der Waals surface area contributed by atoms with Crippen LogP contribution in [0.2, 0.25) is 0 Å². The molecule has 0 fully saturated rings. The van der Waals surface area contributed by atoms with Crippen molar-refractivity contribution in [1.82, 2.24) is 35.3 Å². The van der Waals surface area contributed by atoms with Crippen LogP contribution in [0.5, 0.6) is 0 Å². The van der Waals surface area contributed by atoms with Gasteiger partial charge in [0, 0.05) is 26.3 Å². The average molecular weight is 249 g/mol. The highest BCUT2D eigenvalue weighted by molar-refractivity contribution is 4.96. The molecule has 18 heavy (non-hydrogen) atoms. The van der Waals surface area contributed by atoms with Gasteiger partial charge in [-0.3, -0.25) is 4.68 Å². The number of hydrogen-bond acceptors (Lipinski definition) is 5. The second-order valence-corrected chi connectivity index (χ2v) is 5.31. The monoisotopic (exact) mass is 249 g/mol. The van der Waals surface area contributed by atoms with Gasteiger partial charge in [-0.2, -0.15) is 0 Å². The molecule has 98 valence electrons. The van der Waals surface area contributed by atoms with E-state index in [0.717, 1.165) is 11.4 Å². The molecule has 0 spiro atoms. The molecule has 2 aromatic rings. The van der Waals surface area contributed by atoms with Crippen molar-refractivity contribution < 1.29 is 0 Å². The summed E-state index contributed by atoms with van der Waals surface area (Å²) < 4.78 is 3.55. The van der Waals surface area contributed by atoms with E-state index in [9.17, 15) is 0 Å². The molecule has 0 aliphatic rings. The Kier molecular flexibility index (Phi) is 3.42. The molecule has 0 aliphatic heterocycles. The number of aryl methyl sites for hydroxylation is 1. The van der Waals surface area contributed by atoms with Gasteiger partial charge in [-0.05, 0) is 20.8 Å². The van der Waals surface area contributed by atoms with E-state index in [1.807, 2.05) is 24.1 Å². The number of aromatic nitrogens is 6. The third kappa shape index (κ3) is 3.13. The maximum absolute atomic E-state index is 4.13. The average Bonchev–Trinajstić information content (AvgIpc) is 2.87. The van der Waals surface area contributed by atoms with Crippen molar-refractivity contribution in [2.24, 2.45) is 7.05 Å². The Balaban J connectivity index is 1.85. The molecule has 0 amide bonds. The summed E-state index contributed by atoms with van der Waals surface area (Å²) in [6.45, 7) is 7.64. The van der Waals surface area contributed by atoms with Crippen LogP contribution < -0.4 is 5.32 Å². The highest BCUT2D eigenvalue weighted by atomic mass is 15.4. The highest BCUT2D eigenvalue weighted by Gasteiger charge is 2.14. The molecule has 0 unspecified atom stereocenters. The first-order valence-corrected chi connectivity index (χ1v) is 5.93. The van der Waals surface area contributed by atoms with Crippen molar-refractivity contribution >= 4 is 0 Å². The lowest BCUT2D eigenvalue weighted by Gasteiger charge is -2.17. The minimum Gasteiger partial charge on any atom is -0.305 e. The van der Waals surface area contributed by atoms with E-state index in [-0.39, 0.29) is 5.54 Å². The van der Waals surface area contributed by atoms with E-state index in [1.165, 1.54) is 0 Å². The zero-order chi connectivity index (χ0) is 13.2. The summed E-state index contributed by atoms with van der Waals surface area (Å²) in [6, 6.07) is 0. The van der Waals surface area contributed by atoms with Crippen molar-refractivity contribution in [3.63, 3.8) is 0 Å². The zero-order valence-corrected chi connectivity index (χ0v) is 11.3. The van der Waals surface area contributed by atoms with Gasteiger partial charge in [0.25, 0.3) is 0 Å². The summed E-state index contributed by atoms with van der Waals surface area (Å²) in [5.41, 5.74) is 1.81. The standard InChI is InChI=1S/C11H19N7/c1-11(2,3)18-8-10(14-16-18)6-12-5-9-7-17(4)15-13-9/h7-8,12H,5-6H2,1-4H3. The van der Waals surface area contributed by atoms with Crippen molar-refractivity contribution in [3.05, 3.63) is 23.8 Å². The summed E-state index contributed by atoms with van der Waals surface area (Å²) in [5, 5.41) is 19.4. The molecule has 7 nitrogen and oxygen atoms in total. The van der Waals surface area contributed by atoms with Crippen molar-refractivity contribution in [2.45, 2.75) is 39.4 Å². The fourth-order valence-corrected chi connectivity index (χ4v) is 1.50. The van der Waals surface area contributed by atoms with Crippen molar-refractivity contribution in [2.75, 3.05) is 0 Å². The normalized spacial score (nSPS) is 12.0. The third-order valence-corrected chi connectivity index (χ3v) is 2.49. The molecule has 0 bridgehead atoms. The Morgan fingerprint density at radius 1 is 1.06 bits per heavy atom. The first-order valence-electron chi connectivity index (χ1n) is 5.93. The van der Waals surface area contributed by atoms with E-state index >= 15 is 0 Å². The van der Waals surface area contributed by atoms with Crippen molar-refractivity contribution in [3.8, 4) is 0 Å². The molecule has 2 heterocycles. The van der Waals surface area contributed by atoms with E-state index in [2.05, 4.69) is 46.7 Å². The minimum absolute atomic E-state index is 0.0316. The van der Waals surface area contributed by atoms with Crippen molar-refractivity contribution in [1.29, 1.82) is 0 Å². The van der Waals surface area contributed by atoms with Gasteiger partial charge in [0.2, 0.25) is 0 Å². The predicted octanol–water partition coefficient (Wildman–Crippen LogP) is 0.451. The highest BCUT2D eigenvalue weighted by Crippen LogP contribution is 2.11. The molecule has 0 atom stereocenters. The summed E-state index contributed by atoms with van der Waals surface area (Å²) in [7, 11) is 1.85. The lowest BCUT2D eigenvalue weighted by atomic mass is 10.1. The third-order valence-electron chi connectivity index (χ3n) is 2.49. The van der Waals surface area contributed by atoms with Crippen LogP contribution in [0.15, 0.2) is 12.4 Å². The SMILES string of the molecule is Cn1cc(CNCc2cn(C(C)(C)C)nn2)nn1. The molecule has 7 heteroatoms. The second-order valence-electron chi connectivity index (χ2n) is 5.31. The largest absolute Gasteiger partial charge is 0.305 e. The van der Waals surface area contributed by atoms with E-state index in [4.69, 9.17) is 0 Å². The summed E-state index contributed by atoms with van der Waals surface area (Å²) in [4.78, 5) is 0. The van der Waals surface area contributed by atoms with Gasteiger partial charge >= 0.3 is 0 Å². The molecule has 1 N–H and O–H groups in total. The Morgan fingerprint density at radius 2 is 1.67 bits per heavy atom. The molecular weight excluding hydrogens is 230 g/mol. The maximum Gasteiger partial charge on any atom is 0.0965 e. The van der Waals surface area contributed by atoms with Crippen LogP contribution in [-0.2, 0) is 25.7 Å². The molecule has 0 saturated carbocycles. The van der Waals surface area contributed by atoms with Gasteiger partial charge in [-0.1, -0.05) is 10.4 Å². The molecule has 0 saturated heterocycles. The minimum atomic E-state index is -0.0316. The number of rotatable bonds is 4. The lowest BCUT2D eigenvalue weighted by Crippen LogP contribution is -2.22. The van der Waals surface area contributed by atoms with Gasteiger partial charge < -0.3 is 5.32 Å². The maximum atomic E-state index is 4.13. The predicted molar refractivity (Wildman–Crippen MR) is 66.6 cm³/mol. The first kappa shape index (κ1) is 12.7. The molecule has 2 aromatic heterocycles. The van der Waals surface area contributed by atoms with Gasteiger partial charge in [0.1, 0.15) is 0 Å². The van der Waals surface area contributed by atoms with Gasteiger partial charge in [0.15, 0.2) is 0 Å². The zero-order valence-electron chi connectivity index (χ0n) is 11.3. The van der Waals surface area contributed by atoms with E-state index < -0.39 is 0 Å². The lowest BCUT2D eigenvalue weighted by molar-refractivity contribution is 0.347. The summed E-state index contributed by atoms with van der Waals surface area (Å²) in [5.74, 6) is 0. The molecular formula is C11H19N7. The molecule has 0 radical (unpaired) electrons. The van der Waals surface area contributed by atoms with Crippen LogP contribution in [0.4, 0.5) is 0 Å².